The molecule has 2 amide bonds. The largest absolute Gasteiger partial charge is 0.434 e. The predicted octanol–water partition coefficient (Wildman–Crippen LogP) is 4.93. The maximum absolute atomic E-state index is 14.0. The van der Waals surface area contributed by atoms with E-state index in [1.165, 1.54) is 0 Å². The lowest BCUT2D eigenvalue weighted by Gasteiger charge is -2.35. The molecule has 3 atom stereocenters. The Morgan fingerprint density at radius 3 is 2.51 bits per heavy atom. The minimum atomic E-state index is -0.789. The number of aromatic nitrogens is 1. The van der Waals surface area contributed by atoms with Crippen LogP contribution in [0.15, 0.2) is 54.6 Å². The topological polar surface area (TPSA) is 107 Å². The van der Waals surface area contributed by atoms with E-state index in [4.69, 9.17) is 10.5 Å². The van der Waals surface area contributed by atoms with Gasteiger partial charge in [-0.25, -0.2) is 9.18 Å². The quantitative estimate of drug-likeness (QED) is 0.416. The Balaban J connectivity index is 1.25. The van der Waals surface area contributed by atoms with Crippen LogP contribution in [0, 0.1) is 11.8 Å². The molecule has 0 spiro atoms. The lowest BCUT2D eigenvalue weighted by atomic mass is 9.78. The van der Waals surface area contributed by atoms with Crippen LogP contribution in [0.1, 0.15) is 67.9 Å². The number of alkyl halides is 1. The van der Waals surface area contributed by atoms with Crippen LogP contribution in [-0.4, -0.2) is 52.6 Å². The van der Waals surface area contributed by atoms with Gasteiger partial charge in [-0.1, -0.05) is 30.3 Å². The molecule has 41 heavy (non-hydrogen) atoms. The van der Waals surface area contributed by atoms with Crippen molar-refractivity contribution in [2.75, 3.05) is 18.5 Å². The number of hydrogen-bond donors (Lipinski definition) is 2. The highest BCUT2D eigenvalue weighted by Crippen LogP contribution is 2.39. The van der Waals surface area contributed by atoms with E-state index in [0.29, 0.717) is 37.2 Å². The number of anilines is 1. The first-order valence-electron chi connectivity index (χ1n) is 14.5. The normalized spacial score (nSPS) is 26.0. The van der Waals surface area contributed by atoms with E-state index in [0.717, 1.165) is 29.3 Å². The zero-order valence-corrected chi connectivity index (χ0v) is 23.5. The van der Waals surface area contributed by atoms with Gasteiger partial charge in [-0.2, -0.15) is 0 Å². The highest BCUT2D eigenvalue weighted by Gasteiger charge is 2.45. The summed E-state index contributed by atoms with van der Waals surface area (Å²) in [5.41, 5.74) is 8.10. The van der Waals surface area contributed by atoms with Crippen molar-refractivity contribution in [2.45, 2.75) is 69.7 Å². The summed E-state index contributed by atoms with van der Waals surface area (Å²) in [6.45, 7) is 3.64. The Labute approximate surface area is 239 Å². The molecule has 2 fully saturated rings. The number of halogens is 1. The summed E-state index contributed by atoms with van der Waals surface area (Å²) in [7, 11) is 0. The minimum Gasteiger partial charge on any atom is -0.434 e. The number of likely N-dealkylation sites (tertiary alicyclic amines) is 1. The molecule has 2 aromatic carbocycles. The van der Waals surface area contributed by atoms with Crippen LogP contribution in [-0.2, 0) is 20.1 Å². The summed E-state index contributed by atoms with van der Waals surface area (Å²) in [6.07, 6.45) is 3.46. The van der Waals surface area contributed by atoms with Crippen LogP contribution in [0.3, 0.4) is 0 Å². The van der Waals surface area contributed by atoms with Crippen molar-refractivity contribution in [3.63, 3.8) is 0 Å². The third kappa shape index (κ3) is 4.90. The fourth-order valence-corrected chi connectivity index (χ4v) is 7.13. The standard InChI is InChI=1S/C32H37FN4O4/c1-32(2)37-26-13-12-23(16-22(26)17-27(37)31(40)41-32)35-29(38)28-24(19-6-4-3-5-7-19)14-15-36(28)30(39)21-10-8-20(9-11-21)25(34)18-33/h3-7,12-13,16-17,20-21,24-25,28H,8-11,14-15,18,34H2,1-2H3,(H,35,38)/t20?,21?,24-,25-,28+/m1/s1. The van der Waals surface area contributed by atoms with Crippen LogP contribution in [0.5, 0.6) is 0 Å². The Morgan fingerprint density at radius 2 is 1.80 bits per heavy atom. The Kier molecular flexibility index (Phi) is 7.09. The third-order valence-electron chi connectivity index (χ3n) is 9.24. The van der Waals surface area contributed by atoms with Gasteiger partial charge >= 0.3 is 5.97 Å². The number of ether oxygens (including phenoxy) is 1. The van der Waals surface area contributed by atoms with Gasteiger partial charge in [-0.15, -0.1) is 0 Å². The van der Waals surface area contributed by atoms with Crippen molar-refractivity contribution in [2.24, 2.45) is 17.6 Å². The zero-order valence-electron chi connectivity index (χ0n) is 23.5. The summed E-state index contributed by atoms with van der Waals surface area (Å²) < 4.78 is 20.5. The van der Waals surface area contributed by atoms with Crippen molar-refractivity contribution < 1.29 is 23.5 Å². The molecule has 1 saturated carbocycles. The molecule has 3 heterocycles. The molecule has 1 saturated heterocycles. The summed E-state index contributed by atoms with van der Waals surface area (Å²) in [5.74, 6) is -0.833. The predicted molar refractivity (Wildman–Crippen MR) is 154 cm³/mol. The van der Waals surface area contributed by atoms with Crippen LogP contribution in [0.2, 0.25) is 0 Å². The maximum Gasteiger partial charge on any atom is 0.357 e. The molecule has 3 N–H and O–H groups in total. The molecule has 6 rings (SSSR count). The molecule has 8 nitrogen and oxygen atoms in total. The fraction of sp³-hybridized carbons (Fsp3) is 0.469. The number of carbonyl (C=O) groups is 3. The molecule has 1 aliphatic carbocycles. The average molecular weight is 561 g/mol. The molecule has 2 aliphatic heterocycles. The number of benzene rings is 2. The molecule has 0 radical (unpaired) electrons. The first kappa shape index (κ1) is 27.4. The second-order valence-corrected chi connectivity index (χ2v) is 12.2. The smallest absolute Gasteiger partial charge is 0.357 e. The second kappa shape index (κ2) is 10.6. The molecule has 9 heteroatoms. The van der Waals surface area contributed by atoms with Crippen LogP contribution < -0.4 is 11.1 Å². The van der Waals surface area contributed by atoms with Crippen molar-refractivity contribution in [1.82, 2.24) is 9.47 Å². The van der Waals surface area contributed by atoms with Gasteiger partial charge < -0.3 is 20.7 Å². The molecule has 1 aromatic heterocycles. The summed E-state index contributed by atoms with van der Waals surface area (Å²) in [6, 6.07) is 16.1. The first-order valence-corrected chi connectivity index (χ1v) is 14.5. The number of nitrogens with two attached hydrogens (primary N) is 1. The van der Waals surface area contributed by atoms with E-state index >= 15 is 0 Å². The number of hydrogen-bond acceptors (Lipinski definition) is 5. The van der Waals surface area contributed by atoms with Gasteiger partial charge in [0.15, 0.2) is 5.72 Å². The highest BCUT2D eigenvalue weighted by molar-refractivity contribution is 6.02. The van der Waals surface area contributed by atoms with Crippen LogP contribution >= 0.6 is 0 Å². The van der Waals surface area contributed by atoms with Gasteiger partial charge in [-0.3, -0.25) is 14.2 Å². The van der Waals surface area contributed by atoms with Gasteiger partial charge in [0.2, 0.25) is 11.8 Å². The molecular weight excluding hydrogens is 523 g/mol. The van der Waals surface area contributed by atoms with Crippen LogP contribution in [0.25, 0.3) is 10.9 Å². The third-order valence-corrected chi connectivity index (χ3v) is 9.24. The van der Waals surface area contributed by atoms with Crippen molar-refractivity contribution in [3.8, 4) is 0 Å². The van der Waals surface area contributed by atoms with E-state index in [9.17, 15) is 18.8 Å². The number of rotatable bonds is 6. The number of esters is 1. The van der Waals surface area contributed by atoms with Crippen molar-refractivity contribution >= 4 is 34.4 Å². The maximum atomic E-state index is 14.0. The number of nitrogens with zero attached hydrogens (tertiary/aromatic N) is 2. The number of fused-ring (bicyclic) bond motifs is 3. The number of cyclic esters (lactones) is 1. The molecule has 3 aliphatic rings. The lowest BCUT2D eigenvalue weighted by molar-refractivity contribution is -0.141. The number of amides is 2. The van der Waals surface area contributed by atoms with Crippen molar-refractivity contribution in [3.05, 3.63) is 65.9 Å². The van der Waals surface area contributed by atoms with Gasteiger partial charge in [0.05, 0.1) is 5.52 Å². The molecule has 216 valence electrons. The Hall–Kier alpha value is -3.72. The highest BCUT2D eigenvalue weighted by atomic mass is 19.1. The van der Waals surface area contributed by atoms with E-state index < -0.39 is 24.5 Å². The second-order valence-electron chi connectivity index (χ2n) is 12.2. The first-order chi connectivity index (χ1) is 19.7. The minimum absolute atomic E-state index is 0.00379. The zero-order chi connectivity index (χ0) is 28.9. The molecule has 0 unspecified atom stereocenters. The fourth-order valence-electron chi connectivity index (χ4n) is 7.13. The Bertz CT molecular complexity index is 1480. The summed E-state index contributed by atoms with van der Waals surface area (Å²) in [4.78, 5) is 41.9. The molecule has 0 bridgehead atoms. The van der Waals surface area contributed by atoms with Crippen LogP contribution in [0.4, 0.5) is 10.1 Å². The van der Waals surface area contributed by atoms with E-state index in [-0.39, 0.29) is 35.5 Å². The monoisotopic (exact) mass is 560 g/mol. The van der Waals surface area contributed by atoms with Gasteiger partial charge in [0, 0.05) is 35.5 Å². The number of nitrogens with one attached hydrogen (secondary N) is 1. The number of carbonyl (C=O) groups excluding carboxylic acids is 3. The lowest BCUT2D eigenvalue weighted by Crippen LogP contribution is -2.48. The van der Waals surface area contributed by atoms with E-state index in [1.54, 1.807) is 11.0 Å². The molecule has 3 aromatic rings. The Morgan fingerprint density at radius 1 is 1.07 bits per heavy atom. The van der Waals surface area contributed by atoms with Gasteiger partial charge in [-0.05, 0) is 81.7 Å². The van der Waals surface area contributed by atoms with Crippen molar-refractivity contribution in [1.29, 1.82) is 0 Å². The van der Waals surface area contributed by atoms with E-state index in [1.807, 2.05) is 66.9 Å². The summed E-state index contributed by atoms with van der Waals surface area (Å²) >= 11 is 0. The van der Waals surface area contributed by atoms with E-state index in [2.05, 4.69) is 5.32 Å². The average Bonchev–Trinajstić information content (AvgIpc) is 3.65. The van der Waals surface area contributed by atoms with Gasteiger partial charge in [0.1, 0.15) is 18.4 Å². The SMILES string of the molecule is CC1(C)OC(=O)c2cc3cc(NC(=O)[C@@H]4[C@@H](c5ccccc5)CCN4C(=O)C4CCC([C@H](N)CF)CC4)ccc3n21. The summed E-state index contributed by atoms with van der Waals surface area (Å²) in [5, 5.41) is 3.90. The molecular formula is C32H37FN4O4. The van der Waals surface area contributed by atoms with Gasteiger partial charge in [0.25, 0.3) is 0 Å².